The van der Waals surface area contributed by atoms with Gasteiger partial charge in [-0.25, -0.2) is 0 Å². The first-order valence-electron chi connectivity index (χ1n) is 7.53. The molecule has 1 aromatic heterocycles. The van der Waals surface area contributed by atoms with E-state index in [1.165, 1.54) is 12.1 Å². The molecule has 1 amide bonds. The highest BCUT2D eigenvalue weighted by Crippen LogP contribution is 2.39. The summed E-state index contributed by atoms with van der Waals surface area (Å²) >= 11 is 12.4. The van der Waals surface area contributed by atoms with Crippen LogP contribution in [0.15, 0.2) is 36.7 Å². The van der Waals surface area contributed by atoms with E-state index in [-0.39, 0.29) is 22.6 Å². The molecule has 1 aliphatic heterocycles. The van der Waals surface area contributed by atoms with Crippen molar-refractivity contribution < 1.29 is 9.90 Å². The Kier molecular flexibility index (Phi) is 4.94. The van der Waals surface area contributed by atoms with Gasteiger partial charge in [0.2, 0.25) is 5.91 Å². The minimum absolute atomic E-state index is 0.0164. The van der Waals surface area contributed by atoms with Crippen LogP contribution in [0.5, 0.6) is 5.75 Å². The van der Waals surface area contributed by atoms with Crippen LogP contribution in [0, 0.1) is 5.92 Å². The average Bonchev–Trinajstić information content (AvgIpc) is 2.55. The zero-order valence-electron chi connectivity index (χ0n) is 13.0. The van der Waals surface area contributed by atoms with Crippen molar-refractivity contribution in [2.24, 2.45) is 5.92 Å². The first kappa shape index (κ1) is 17.0. The molecule has 0 bridgehead atoms. The number of pyridine rings is 1. The van der Waals surface area contributed by atoms with E-state index in [1.54, 1.807) is 24.5 Å². The van der Waals surface area contributed by atoms with Gasteiger partial charge in [-0.05, 0) is 36.9 Å². The predicted octanol–water partition coefficient (Wildman–Crippen LogP) is 2.86. The molecule has 2 N–H and O–H groups in total. The second-order valence-electron chi connectivity index (χ2n) is 5.93. The minimum Gasteiger partial charge on any atom is -0.508 e. The second kappa shape index (κ2) is 6.97. The van der Waals surface area contributed by atoms with Gasteiger partial charge < -0.3 is 15.3 Å². The Labute approximate surface area is 150 Å². The summed E-state index contributed by atoms with van der Waals surface area (Å²) in [7, 11) is 1.96. The molecule has 5 nitrogen and oxygen atoms in total. The number of nitrogens with zero attached hydrogens (tertiary/aromatic N) is 2. The zero-order valence-corrected chi connectivity index (χ0v) is 14.6. The number of carbonyl (C=O) groups excluding carboxylic acids is 1. The topological polar surface area (TPSA) is 65.5 Å². The molecular formula is C17H17Cl2N3O2. The molecule has 0 radical (unpaired) electrons. The molecule has 24 heavy (non-hydrogen) atoms. The van der Waals surface area contributed by atoms with Crippen LogP contribution in [0.25, 0.3) is 0 Å². The number of hydrogen-bond donors (Lipinski definition) is 2. The SMILES string of the molecule is CN1CC(C(=O)N[C@@H](c2ccncc2)c2c(O)ccc(Cl)c2Cl)C1. The Morgan fingerprint density at radius 3 is 2.58 bits per heavy atom. The van der Waals surface area contributed by atoms with Crippen molar-refractivity contribution in [3.8, 4) is 5.75 Å². The lowest BCUT2D eigenvalue weighted by atomic mass is 9.95. The van der Waals surface area contributed by atoms with Gasteiger partial charge in [0, 0.05) is 31.0 Å². The van der Waals surface area contributed by atoms with Crippen LogP contribution >= 0.6 is 23.2 Å². The van der Waals surface area contributed by atoms with Crippen molar-refractivity contribution in [1.82, 2.24) is 15.2 Å². The number of carbonyl (C=O) groups is 1. The molecule has 1 atom stereocenters. The molecule has 126 valence electrons. The van der Waals surface area contributed by atoms with Crippen molar-refractivity contribution in [1.29, 1.82) is 0 Å². The predicted molar refractivity (Wildman–Crippen MR) is 93.3 cm³/mol. The number of rotatable bonds is 4. The second-order valence-corrected chi connectivity index (χ2v) is 6.72. The van der Waals surface area contributed by atoms with E-state index in [2.05, 4.69) is 15.2 Å². The summed E-state index contributed by atoms with van der Waals surface area (Å²) in [5.74, 6) is -0.165. The number of benzene rings is 1. The minimum atomic E-state index is -0.599. The van der Waals surface area contributed by atoms with E-state index in [0.717, 1.165) is 5.56 Å². The van der Waals surface area contributed by atoms with Gasteiger partial charge in [0.15, 0.2) is 0 Å². The van der Waals surface area contributed by atoms with Crippen LogP contribution in [0.2, 0.25) is 10.0 Å². The van der Waals surface area contributed by atoms with Crippen molar-refractivity contribution in [2.45, 2.75) is 6.04 Å². The van der Waals surface area contributed by atoms with Crippen molar-refractivity contribution in [2.75, 3.05) is 20.1 Å². The third-order valence-electron chi connectivity index (χ3n) is 4.16. The third kappa shape index (κ3) is 3.34. The third-order valence-corrected chi connectivity index (χ3v) is 4.98. The van der Waals surface area contributed by atoms with Crippen LogP contribution in [-0.4, -0.2) is 41.0 Å². The van der Waals surface area contributed by atoms with Gasteiger partial charge in [0.25, 0.3) is 0 Å². The Morgan fingerprint density at radius 2 is 1.96 bits per heavy atom. The fourth-order valence-corrected chi connectivity index (χ4v) is 3.27. The van der Waals surface area contributed by atoms with Gasteiger partial charge in [-0.15, -0.1) is 0 Å². The van der Waals surface area contributed by atoms with Crippen LogP contribution in [0.4, 0.5) is 0 Å². The number of hydrogen-bond acceptors (Lipinski definition) is 4. The summed E-state index contributed by atoms with van der Waals surface area (Å²) in [5, 5.41) is 13.8. The van der Waals surface area contributed by atoms with Gasteiger partial charge >= 0.3 is 0 Å². The van der Waals surface area contributed by atoms with Crippen LogP contribution in [0.1, 0.15) is 17.2 Å². The maximum Gasteiger partial charge on any atom is 0.226 e. The molecule has 0 unspecified atom stereocenters. The molecule has 1 aliphatic rings. The maximum absolute atomic E-state index is 12.5. The lowest BCUT2D eigenvalue weighted by Crippen LogP contribution is -2.52. The van der Waals surface area contributed by atoms with Crippen molar-refractivity contribution >= 4 is 29.1 Å². The molecular weight excluding hydrogens is 349 g/mol. The molecule has 0 saturated carbocycles. The summed E-state index contributed by atoms with van der Waals surface area (Å²) < 4.78 is 0. The number of amides is 1. The molecule has 7 heteroatoms. The number of aromatic hydroxyl groups is 1. The summed E-state index contributed by atoms with van der Waals surface area (Å²) in [6.45, 7) is 1.42. The summed E-state index contributed by atoms with van der Waals surface area (Å²) in [6.07, 6.45) is 3.25. The van der Waals surface area contributed by atoms with E-state index in [9.17, 15) is 9.90 Å². The Morgan fingerprint density at radius 1 is 1.29 bits per heavy atom. The average molecular weight is 366 g/mol. The van der Waals surface area contributed by atoms with Gasteiger partial charge in [-0.3, -0.25) is 9.78 Å². The van der Waals surface area contributed by atoms with Crippen molar-refractivity contribution in [3.63, 3.8) is 0 Å². The lowest BCUT2D eigenvalue weighted by Gasteiger charge is -2.36. The van der Waals surface area contributed by atoms with Crippen LogP contribution < -0.4 is 5.32 Å². The van der Waals surface area contributed by atoms with Crippen LogP contribution in [0.3, 0.4) is 0 Å². The summed E-state index contributed by atoms with van der Waals surface area (Å²) in [4.78, 5) is 18.6. The van der Waals surface area contributed by atoms with E-state index >= 15 is 0 Å². The quantitative estimate of drug-likeness (QED) is 0.874. The number of phenolic OH excluding ortho intramolecular Hbond substituents is 1. The summed E-state index contributed by atoms with van der Waals surface area (Å²) in [6, 6.07) is 5.94. The first-order chi connectivity index (χ1) is 11.5. The molecule has 2 heterocycles. The Balaban J connectivity index is 1.97. The largest absolute Gasteiger partial charge is 0.508 e. The van der Waals surface area contributed by atoms with Crippen molar-refractivity contribution in [3.05, 3.63) is 57.8 Å². The number of aromatic nitrogens is 1. The Hall–Kier alpha value is -1.82. The fraction of sp³-hybridized carbons (Fsp3) is 0.294. The maximum atomic E-state index is 12.5. The van der Waals surface area contributed by atoms with Gasteiger partial charge in [-0.2, -0.15) is 0 Å². The van der Waals surface area contributed by atoms with Gasteiger partial charge in [0.05, 0.1) is 22.0 Å². The first-order valence-corrected chi connectivity index (χ1v) is 8.28. The van der Waals surface area contributed by atoms with E-state index < -0.39 is 6.04 Å². The molecule has 1 saturated heterocycles. The summed E-state index contributed by atoms with van der Waals surface area (Å²) in [5.41, 5.74) is 1.15. The highest BCUT2D eigenvalue weighted by molar-refractivity contribution is 6.42. The fourth-order valence-electron chi connectivity index (χ4n) is 2.83. The van der Waals surface area contributed by atoms with Gasteiger partial charge in [-0.1, -0.05) is 23.2 Å². The van der Waals surface area contributed by atoms with E-state index in [0.29, 0.717) is 23.7 Å². The molecule has 0 spiro atoms. The number of likely N-dealkylation sites (tertiary alicyclic amines) is 1. The highest BCUT2D eigenvalue weighted by atomic mass is 35.5. The molecule has 3 rings (SSSR count). The molecule has 0 aliphatic carbocycles. The van der Waals surface area contributed by atoms with Gasteiger partial charge in [0.1, 0.15) is 5.75 Å². The van der Waals surface area contributed by atoms with E-state index in [1.807, 2.05) is 7.05 Å². The lowest BCUT2D eigenvalue weighted by molar-refractivity contribution is -0.130. The normalized spacial score (nSPS) is 16.5. The van der Waals surface area contributed by atoms with Crippen LogP contribution in [-0.2, 0) is 4.79 Å². The highest BCUT2D eigenvalue weighted by Gasteiger charge is 2.33. The number of halogens is 2. The number of phenols is 1. The Bertz CT molecular complexity index is 749. The smallest absolute Gasteiger partial charge is 0.226 e. The van der Waals surface area contributed by atoms with E-state index in [4.69, 9.17) is 23.2 Å². The number of nitrogens with one attached hydrogen (secondary N) is 1. The standard InChI is InChI=1S/C17H17Cl2N3O2/c1-22-8-11(9-22)17(24)21-16(10-4-6-20-7-5-10)14-13(23)3-2-12(18)15(14)19/h2-7,11,16,23H,8-9H2,1H3,(H,21,24)/t16-/m0/s1. The molecule has 1 aromatic carbocycles. The zero-order chi connectivity index (χ0) is 17.3. The monoisotopic (exact) mass is 365 g/mol. The molecule has 1 fully saturated rings. The molecule has 2 aromatic rings.